The van der Waals surface area contributed by atoms with E-state index in [4.69, 9.17) is 0 Å². The highest BCUT2D eigenvalue weighted by Crippen LogP contribution is 2.14. The van der Waals surface area contributed by atoms with Gasteiger partial charge in [0, 0.05) is 24.7 Å². The number of benzene rings is 1. The highest BCUT2D eigenvalue weighted by atomic mass is 19.1. The lowest BCUT2D eigenvalue weighted by Crippen LogP contribution is -2.28. The molecule has 0 saturated carbocycles. The van der Waals surface area contributed by atoms with Crippen LogP contribution in [0.25, 0.3) is 0 Å². The number of nitrogens with one attached hydrogen (secondary N) is 1. The average molecular weight is 266 g/mol. The Hall–Kier alpha value is -0.930. The van der Waals surface area contributed by atoms with Crippen molar-refractivity contribution in [2.75, 3.05) is 13.6 Å². The van der Waals surface area contributed by atoms with Crippen LogP contribution >= 0.6 is 0 Å². The van der Waals surface area contributed by atoms with Crippen molar-refractivity contribution in [2.45, 2.75) is 52.7 Å². The maximum Gasteiger partial charge on any atom is 0.127 e. The SMILES string of the molecule is CCCNCc1ccc(F)c(CN(C)C(C)CC)c1. The summed E-state index contributed by atoms with van der Waals surface area (Å²) in [4.78, 5) is 2.20. The summed E-state index contributed by atoms with van der Waals surface area (Å²) in [6, 6.07) is 5.91. The zero-order valence-electron chi connectivity index (χ0n) is 12.7. The van der Waals surface area contributed by atoms with E-state index >= 15 is 0 Å². The van der Waals surface area contributed by atoms with Gasteiger partial charge in [0.15, 0.2) is 0 Å². The van der Waals surface area contributed by atoms with Crippen LogP contribution in [0.2, 0.25) is 0 Å². The summed E-state index contributed by atoms with van der Waals surface area (Å²) in [5, 5.41) is 3.35. The molecule has 3 heteroatoms. The lowest BCUT2D eigenvalue weighted by atomic mass is 10.1. The van der Waals surface area contributed by atoms with Crippen molar-refractivity contribution in [3.63, 3.8) is 0 Å². The number of hydrogen-bond acceptors (Lipinski definition) is 2. The molecule has 1 N–H and O–H groups in total. The fourth-order valence-corrected chi connectivity index (χ4v) is 2.00. The molecule has 1 aromatic carbocycles. The van der Waals surface area contributed by atoms with Gasteiger partial charge in [-0.2, -0.15) is 0 Å². The van der Waals surface area contributed by atoms with E-state index in [-0.39, 0.29) is 5.82 Å². The van der Waals surface area contributed by atoms with Crippen LogP contribution in [-0.4, -0.2) is 24.5 Å². The van der Waals surface area contributed by atoms with Gasteiger partial charge in [-0.15, -0.1) is 0 Å². The van der Waals surface area contributed by atoms with Gasteiger partial charge < -0.3 is 5.32 Å². The molecule has 0 saturated heterocycles. The maximum atomic E-state index is 13.8. The van der Waals surface area contributed by atoms with E-state index in [0.29, 0.717) is 12.6 Å². The van der Waals surface area contributed by atoms with Crippen LogP contribution in [0.15, 0.2) is 18.2 Å². The Morgan fingerprint density at radius 2 is 2.05 bits per heavy atom. The summed E-state index contributed by atoms with van der Waals surface area (Å²) in [6.45, 7) is 8.95. The normalized spacial score (nSPS) is 12.9. The molecule has 0 amide bonds. The van der Waals surface area contributed by atoms with E-state index in [1.54, 1.807) is 6.07 Å². The minimum absolute atomic E-state index is 0.102. The first kappa shape index (κ1) is 16.1. The summed E-state index contributed by atoms with van der Waals surface area (Å²) >= 11 is 0. The molecule has 0 aliphatic rings. The van der Waals surface area contributed by atoms with Crippen molar-refractivity contribution in [3.8, 4) is 0 Å². The quantitative estimate of drug-likeness (QED) is 0.724. The van der Waals surface area contributed by atoms with Crippen LogP contribution in [0.3, 0.4) is 0 Å². The predicted molar refractivity (Wildman–Crippen MR) is 79.6 cm³/mol. The van der Waals surface area contributed by atoms with Gasteiger partial charge >= 0.3 is 0 Å². The molecule has 1 rings (SSSR count). The van der Waals surface area contributed by atoms with Crippen LogP contribution in [0, 0.1) is 5.82 Å². The van der Waals surface area contributed by atoms with Crippen LogP contribution < -0.4 is 5.32 Å². The average Bonchev–Trinajstić information content (AvgIpc) is 2.41. The Morgan fingerprint density at radius 3 is 2.68 bits per heavy atom. The van der Waals surface area contributed by atoms with E-state index in [2.05, 4.69) is 38.0 Å². The number of hydrogen-bond donors (Lipinski definition) is 1. The van der Waals surface area contributed by atoms with Gasteiger partial charge in [0.2, 0.25) is 0 Å². The van der Waals surface area contributed by atoms with E-state index in [9.17, 15) is 4.39 Å². The lowest BCUT2D eigenvalue weighted by Gasteiger charge is -2.24. The second kappa shape index (κ2) is 8.28. The molecule has 0 aromatic heterocycles. The summed E-state index contributed by atoms with van der Waals surface area (Å²) in [6.07, 6.45) is 2.20. The number of halogens is 1. The van der Waals surface area contributed by atoms with Crippen LogP contribution in [0.1, 0.15) is 44.7 Å². The first-order valence-electron chi connectivity index (χ1n) is 7.26. The molecule has 0 aliphatic carbocycles. The number of nitrogens with zero attached hydrogens (tertiary/aromatic N) is 1. The van der Waals surface area contributed by atoms with Crippen molar-refractivity contribution < 1.29 is 4.39 Å². The van der Waals surface area contributed by atoms with Crippen molar-refractivity contribution in [1.29, 1.82) is 0 Å². The molecule has 19 heavy (non-hydrogen) atoms. The first-order chi connectivity index (χ1) is 9.08. The van der Waals surface area contributed by atoms with Gasteiger partial charge in [0.05, 0.1) is 0 Å². The molecule has 1 atom stereocenters. The van der Waals surface area contributed by atoms with Crippen molar-refractivity contribution in [2.24, 2.45) is 0 Å². The molecular weight excluding hydrogens is 239 g/mol. The molecule has 0 heterocycles. The molecule has 0 aliphatic heterocycles. The third-order valence-electron chi connectivity index (χ3n) is 3.63. The smallest absolute Gasteiger partial charge is 0.127 e. The summed E-state index contributed by atoms with van der Waals surface area (Å²) in [5.74, 6) is -0.102. The molecule has 108 valence electrons. The molecule has 0 radical (unpaired) electrons. The highest BCUT2D eigenvalue weighted by Gasteiger charge is 2.11. The van der Waals surface area contributed by atoms with Crippen molar-refractivity contribution in [3.05, 3.63) is 35.1 Å². The van der Waals surface area contributed by atoms with E-state index in [1.807, 2.05) is 12.1 Å². The standard InChI is InChI=1S/C16H27FN2/c1-5-9-18-11-14-7-8-16(17)15(10-14)12-19(4)13(3)6-2/h7-8,10,13,18H,5-6,9,11-12H2,1-4H3. The van der Waals surface area contributed by atoms with Gasteiger partial charge in [-0.1, -0.05) is 26.0 Å². The topological polar surface area (TPSA) is 15.3 Å². The number of rotatable bonds is 8. The second-order valence-electron chi connectivity index (χ2n) is 5.27. The Kier molecular flexibility index (Phi) is 7.03. The summed E-state index contributed by atoms with van der Waals surface area (Å²) < 4.78 is 13.8. The van der Waals surface area contributed by atoms with Crippen molar-refractivity contribution in [1.82, 2.24) is 10.2 Å². The fraction of sp³-hybridized carbons (Fsp3) is 0.625. The molecule has 1 unspecified atom stereocenters. The molecule has 0 fully saturated rings. The Morgan fingerprint density at radius 1 is 1.32 bits per heavy atom. The fourth-order valence-electron chi connectivity index (χ4n) is 2.00. The zero-order valence-corrected chi connectivity index (χ0v) is 12.7. The molecule has 2 nitrogen and oxygen atoms in total. The van der Waals surface area contributed by atoms with Crippen LogP contribution in [0.5, 0.6) is 0 Å². The Labute approximate surface area is 117 Å². The van der Waals surface area contributed by atoms with E-state index < -0.39 is 0 Å². The van der Waals surface area contributed by atoms with Gasteiger partial charge in [0.1, 0.15) is 5.82 Å². The lowest BCUT2D eigenvalue weighted by molar-refractivity contribution is 0.240. The van der Waals surface area contributed by atoms with Gasteiger partial charge in [-0.3, -0.25) is 4.90 Å². The third kappa shape index (κ3) is 5.29. The predicted octanol–water partition coefficient (Wildman–Crippen LogP) is 3.56. The van der Waals surface area contributed by atoms with E-state index in [0.717, 1.165) is 37.1 Å². The Balaban J connectivity index is 2.68. The zero-order chi connectivity index (χ0) is 14.3. The minimum Gasteiger partial charge on any atom is -0.313 e. The molecular formula is C16H27FN2. The second-order valence-corrected chi connectivity index (χ2v) is 5.27. The summed E-state index contributed by atoms with van der Waals surface area (Å²) in [7, 11) is 2.05. The molecule has 0 spiro atoms. The minimum atomic E-state index is -0.102. The summed E-state index contributed by atoms with van der Waals surface area (Å²) in [5.41, 5.74) is 1.95. The Bertz CT molecular complexity index is 379. The largest absolute Gasteiger partial charge is 0.313 e. The first-order valence-corrected chi connectivity index (χ1v) is 7.26. The van der Waals surface area contributed by atoms with Gasteiger partial charge in [-0.25, -0.2) is 4.39 Å². The van der Waals surface area contributed by atoms with Crippen LogP contribution in [0.4, 0.5) is 4.39 Å². The maximum absolute atomic E-state index is 13.8. The molecule has 0 bridgehead atoms. The monoisotopic (exact) mass is 266 g/mol. The van der Waals surface area contributed by atoms with Gasteiger partial charge in [-0.05, 0) is 45.0 Å². The van der Waals surface area contributed by atoms with Crippen molar-refractivity contribution >= 4 is 0 Å². The van der Waals surface area contributed by atoms with E-state index in [1.165, 1.54) is 0 Å². The third-order valence-corrected chi connectivity index (χ3v) is 3.63. The van der Waals surface area contributed by atoms with Gasteiger partial charge in [0.25, 0.3) is 0 Å². The molecule has 1 aromatic rings. The highest BCUT2D eigenvalue weighted by molar-refractivity contribution is 5.25. The van der Waals surface area contributed by atoms with Crippen LogP contribution in [-0.2, 0) is 13.1 Å².